The summed E-state index contributed by atoms with van der Waals surface area (Å²) in [4.78, 5) is 39.1. The van der Waals surface area contributed by atoms with Gasteiger partial charge in [0, 0.05) is 54.8 Å². The van der Waals surface area contributed by atoms with E-state index in [0.717, 1.165) is 47.9 Å². The lowest BCUT2D eigenvalue weighted by Crippen LogP contribution is -2.40. The molecule has 2 aliphatic rings. The summed E-state index contributed by atoms with van der Waals surface area (Å²) in [5.41, 5.74) is 9.71. The number of primary amides is 1. The third kappa shape index (κ3) is 4.68. The number of hydrogen-bond acceptors (Lipinski definition) is 4. The first-order valence-corrected chi connectivity index (χ1v) is 13.3. The molecular formula is C30H35FN4O3. The highest BCUT2D eigenvalue weighted by molar-refractivity contribution is 6.06. The second-order valence-electron chi connectivity index (χ2n) is 11.6. The normalized spacial score (nSPS) is 20.7. The Balaban J connectivity index is 1.55. The number of nitrogens with one attached hydrogen (secondary N) is 1. The summed E-state index contributed by atoms with van der Waals surface area (Å²) in [6, 6.07) is 10.4. The van der Waals surface area contributed by atoms with E-state index in [-0.39, 0.29) is 35.1 Å². The number of carbonyl (C=O) groups excluding carboxylic acids is 3. The number of hydrogen-bond donors (Lipinski definition) is 2. The highest BCUT2D eigenvalue weighted by Crippen LogP contribution is 2.43. The summed E-state index contributed by atoms with van der Waals surface area (Å²) in [6.07, 6.45) is 4.51. The van der Waals surface area contributed by atoms with Crippen LogP contribution in [0.2, 0.25) is 0 Å². The second-order valence-corrected chi connectivity index (χ2v) is 11.6. The van der Waals surface area contributed by atoms with E-state index in [1.807, 2.05) is 19.2 Å². The highest BCUT2D eigenvalue weighted by Gasteiger charge is 2.35. The fraction of sp³-hybridized carbons (Fsp3) is 0.433. The topological polar surface area (TPSA) is 97.4 Å². The number of benzene rings is 2. The zero-order valence-corrected chi connectivity index (χ0v) is 22.4. The first-order valence-electron chi connectivity index (χ1n) is 13.3. The summed E-state index contributed by atoms with van der Waals surface area (Å²) < 4.78 is 15.9. The molecule has 0 bridgehead atoms. The smallest absolute Gasteiger partial charge is 0.250 e. The van der Waals surface area contributed by atoms with Crippen molar-refractivity contribution in [1.82, 2.24) is 9.47 Å². The standard InChI is InChI=1S/C30H35FN4O3/c1-17(36)34(4)21-9-7-20(8-10-21)33-24-13-18(5-11-22(24)29(32)38)28-23-12-6-19(31)14-25(23)35-26(28)15-30(2,3)16-27(35)37/h5-6,11-14,20-21,33H,7-10,15-16H2,1-4H3,(H2,32,38)/t20-,21-. The molecule has 0 unspecified atom stereocenters. The Morgan fingerprint density at radius 1 is 1.08 bits per heavy atom. The van der Waals surface area contributed by atoms with Crippen LogP contribution in [-0.4, -0.2) is 46.3 Å². The molecule has 2 heterocycles. The van der Waals surface area contributed by atoms with E-state index in [1.54, 1.807) is 28.5 Å². The first-order chi connectivity index (χ1) is 17.9. The summed E-state index contributed by atoms with van der Waals surface area (Å²) in [5, 5.41) is 4.35. The molecule has 1 fully saturated rings. The number of halogens is 1. The molecule has 8 heteroatoms. The van der Waals surface area contributed by atoms with Crippen LogP contribution in [0.3, 0.4) is 0 Å². The first kappa shape index (κ1) is 25.9. The van der Waals surface area contributed by atoms with Crippen LogP contribution in [0.4, 0.5) is 10.1 Å². The maximum Gasteiger partial charge on any atom is 0.250 e. The van der Waals surface area contributed by atoms with Crippen LogP contribution in [0.5, 0.6) is 0 Å². The van der Waals surface area contributed by atoms with Crippen LogP contribution in [0.1, 0.15) is 73.7 Å². The van der Waals surface area contributed by atoms with Gasteiger partial charge in [-0.05, 0) is 73.4 Å². The quantitative estimate of drug-likeness (QED) is 0.475. The van der Waals surface area contributed by atoms with Gasteiger partial charge in [-0.3, -0.25) is 19.0 Å². The number of carbonyl (C=O) groups is 3. The van der Waals surface area contributed by atoms with Crippen LogP contribution < -0.4 is 11.1 Å². The van der Waals surface area contributed by atoms with Crippen LogP contribution in [0.15, 0.2) is 36.4 Å². The lowest BCUT2D eigenvalue weighted by molar-refractivity contribution is -0.130. The van der Waals surface area contributed by atoms with Gasteiger partial charge >= 0.3 is 0 Å². The van der Waals surface area contributed by atoms with Gasteiger partial charge in [0.25, 0.3) is 5.91 Å². The summed E-state index contributed by atoms with van der Waals surface area (Å²) in [5.74, 6) is -0.891. The monoisotopic (exact) mass is 518 g/mol. The lowest BCUT2D eigenvalue weighted by Gasteiger charge is -2.35. The van der Waals surface area contributed by atoms with E-state index in [9.17, 15) is 18.8 Å². The average Bonchev–Trinajstić information content (AvgIpc) is 3.15. The van der Waals surface area contributed by atoms with E-state index in [0.29, 0.717) is 29.6 Å². The Morgan fingerprint density at radius 2 is 1.79 bits per heavy atom. The predicted octanol–water partition coefficient (Wildman–Crippen LogP) is 5.36. The zero-order valence-electron chi connectivity index (χ0n) is 22.4. The molecule has 2 amide bonds. The number of aromatic nitrogens is 1. The summed E-state index contributed by atoms with van der Waals surface area (Å²) in [7, 11) is 1.84. The molecule has 3 aromatic rings. The molecule has 0 radical (unpaired) electrons. The van der Waals surface area contributed by atoms with Crippen molar-refractivity contribution >= 4 is 34.3 Å². The van der Waals surface area contributed by atoms with Gasteiger partial charge in [-0.2, -0.15) is 0 Å². The molecule has 38 heavy (non-hydrogen) atoms. The summed E-state index contributed by atoms with van der Waals surface area (Å²) in [6.45, 7) is 5.72. The van der Waals surface area contributed by atoms with E-state index in [1.165, 1.54) is 12.1 Å². The Bertz CT molecular complexity index is 1450. The fourth-order valence-electron chi connectivity index (χ4n) is 6.21. The maximum absolute atomic E-state index is 14.3. The Morgan fingerprint density at radius 3 is 2.45 bits per heavy atom. The molecule has 0 atom stereocenters. The van der Waals surface area contributed by atoms with Crippen LogP contribution in [0.25, 0.3) is 22.0 Å². The van der Waals surface area contributed by atoms with E-state index in [4.69, 9.17) is 5.73 Å². The molecule has 7 nitrogen and oxygen atoms in total. The van der Waals surface area contributed by atoms with Crippen LogP contribution >= 0.6 is 0 Å². The molecule has 200 valence electrons. The Hall–Kier alpha value is -3.68. The number of anilines is 1. The molecule has 5 rings (SSSR count). The van der Waals surface area contributed by atoms with Gasteiger partial charge in [0.2, 0.25) is 11.8 Å². The van der Waals surface area contributed by atoms with Crippen molar-refractivity contribution in [2.24, 2.45) is 11.1 Å². The van der Waals surface area contributed by atoms with Gasteiger partial charge in [-0.15, -0.1) is 0 Å². The largest absolute Gasteiger partial charge is 0.382 e. The minimum absolute atomic E-state index is 0.0440. The third-order valence-corrected chi connectivity index (χ3v) is 8.23. The number of amides is 2. The fourth-order valence-corrected chi connectivity index (χ4v) is 6.21. The summed E-state index contributed by atoms with van der Waals surface area (Å²) >= 11 is 0. The second kappa shape index (κ2) is 9.57. The molecule has 1 aliphatic heterocycles. The molecule has 1 aromatic heterocycles. The molecule has 1 saturated carbocycles. The van der Waals surface area contributed by atoms with Crippen molar-refractivity contribution in [1.29, 1.82) is 0 Å². The number of rotatable bonds is 5. The molecule has 3 N–H and O–H groups in total. The SMILES string of the molecule is CC(=O)N(C)[C@H]1CC[C@H](Nc2cc(-c3c4n(c5cc(F)ccc35)C(=O)CC(C)(C)C4)ccc2C(N)=O)CC1. The molecule has 1 aliphatic carbocycles. The van der Waals surface area contributed by atoms with Crippen LogP contribution in [0, 0.1) is 11.2 Å². The van der Waals surface area contributed by atoms with Gasteiger partial charge in [-0.1, -0.05) is 19.9 Å². The number of nitrogens with two attached hydrogens (primary N) is 1. The average molecular weight is 519 g/mol. The van der Waals surface area contributed by atoms with Crippen molar-refractivity contribution < 1.29 is 18.8 Å². The number of fused-ring (bicyclic) bond motifs is 3. The molecule has 0 spiro atoms. The number of nitrogens with zero attached hydrogens (tertiary/aromatic N) is 2. The molecule has 2 aromatic carbocycles. The molecular weight excluding hydrogens is 483 g/mol. The highest BCUT2D eigenvalue weighted by atomic mass is 19.1. The minimum atomic E-state index is -0.522. The lowest BCUT2D eigenvalue weighted by atomic mass is 9.80. The van der Waals surface area contributed by atoms with Gasteiger partial charge < -0.3 is 16.0 Å². The zero-order chi connectivity index (χ0) is 27.4. The van der Waals surface area contributed by atoms with Gasteiger partial charge in [0.1, 0.15) is 5.82 Å². The van der Waals surface area contributed by atoms with Crippen molar-refractivity contribution in [2.45, 2.75) is 71.4 Å². The van der Waals surface area contributed by atoms with Crippen molar-refractivity contribution in [3.05, 3.63) is 53.5 Å². The van der Waals surface area contributed by atoms with Gasteiger partial charge in [0.05, 0.1) is 11.1 Å². The van der Waals surface area contributed by atoms with Crippen molar-refractivity contribution in [3.63, 3.8) is 0 Å². The Labute approximate surface area is 222 Å². The Kier molecular flexibility index (Phi) is 6.53. The minimum Gasteiger partial charge on any atom is -0.382 e. The van der Waals surface area contributed by atoms with Crippen molar-refractivity contribution in [2.75, 3.05) is 12.4 Å². The molecule has 0 saturated heterocycles. The van der Waals surface area contributed by atoms with Crippen LogP contribution in [-0.2, 0) is 11.2 Å². The van der Waals surface area contributed by atoms with E-state index >= 15 is 0 Å². The predicted molar refractivity (Wildman–Crippen MR) is 147 cm³/mol. The van der Waals surface area contributed by atoms with Gasteiger partial charge in [-0.25, -0.2) is 4.39 Å². The third-order valence-electron chi connectivity index (χ3n) is 8.23. The van der Waals surface area contributed by atoms with E-state index < -0.39 is 5.91 Å². The van der Waals surface area contributed by atoms with Gasteiger partial charge in [0.15, 0.2) is 0 Å². The van der Waals surface area contributed by atoms with E-state index in [2.05, 4.69) is 19.2 Å². The maximum atomic E-state index is 14.3. The van der Waals surface area contributed by atoms with Crippen molar-refractivity contribution in [3.8, 4) is 11.1 Å².